The fourth-order valence-corrected chi connectivity index (χ4v) is 3.79. The number of methoxy groups -OCH3 is 1. The number of hydrogen-bond donors (Lipinski definition) is 0. The number of carbonyl (C=O) groups is 1. The standard InChI is InChI=1S/C15H17NO5S/c1-10-13(15(17)20-4)14(11(2)21-10)22(18,19)16(3)12-8-6-5-7-9-12/h5-9H,1-4H3. The van der Waals surface area contributed by atoms with Gasteiger partial charge in [0.1, 0.15) is 22.0 Å². The average molecular weight is 323 g/mol. The minimum absolute atomic E-state index is 0.0669. The van der Waals surface area contributed by atoms with Crippen molar-refractivity contribution in [1.29, 1.82) is 0 Å². The van der Waals surface area contributed by atoms with Gasteiger partial charge in [-0.25, -0.2) is 13.2 Å². The summed E-state index contributed by atoms with van der Waals surface area (Å²) in [6.45, 7) is 3.03. The Balaban J connectivity index is 2.62. The third-order valence-corrected chi connectivity index (χ3v) is 5.27. The first-order chi connectivity index (χ1) is 10.3. The average Bonchev–Trinajstić information content (AvgIpc) is 2.81. The van der Waals surface area contributed by atoms with E-state index in [4.69, 9.17) is 4.42 Å². The van der Waals surface area contributed by atoms with Crippen LogP contribution in [-0.2, 0) is 14.8 Å². The lowest BCUT2D eigenvalue weighted by molar-refractivity contribution is 0.0595. The van der Waals surface area contributed by atoms with Crippen LogP contribution in [0, 0.1) is 13.8 Å². The minimum Gasteiger partial charge on any atom is -0.465 e. The number of aryl methyl sites for hydroxylation is 2. The van der Waals surface area contributed by atoms with Crippen LogP contribution in [0.25, 0.3) is 0 Å². The molecule has 0 bridgehead atoms. The number of sulfonamides is 1. The first kappa shape index (κ1) is 16.1. The highest BCUT2D eigenvalue weighted by Gasteiger charge is 2.34. The Morgan fingerprint density at radius 3 is 2.27 bits per heavy atom. The summed E-state index contributed by atoms with van der Waals surface area (Å²) in [5, 5.41) is 0. The molecule has 1 aromatic heterocycles. The van der Waals surface area contributed by atoms with E-state index >= 15 is 0 Å². The van der Waals surface area contributed by atoms with E-state index in [1.54, 1.807) is 30.3 Å². The number of furan rings is 1. The summed E-state index contributed by atoms with van der Waals surface area (Å²) in [6, 6.07) is 8.58. The van der Waals surface area contributed by atoms with Gasteiger partial charge in [-0.1, -0.05) is 18.2 Å². The van der Waals surface area contributed by atoms with Crippen molar-refractivity contribution in [2.45, 2.75) is 18.7 Å². The number of esters is 1. The van der Waals surface area contributed by atoms with Crippen LogP contribution >= 0.6 is 0 Å². The second-order valence-electron chi connectivity index (χ2n) is 4.72. The van der Waals surface area contributed by atoms with Gasteiger partial charge in [0, 0.05) is 7.05 Å². The van der Waals surface area contributed by atoms with Crippen LogP contribution < -0.4 is 4.31 Å². The molecular weight excluding hydrogens is 306 g/mol. The van der Waals surface area contributed by atoms with Gasteiger partial charge < -0.3 is 9.15 Å². The van der Waals surface area contributed by atoms with Crippen molar-refractivity contribution in [3.8, 4) is 0 Å². The summed E-state index contributed by atoms with van der Waals surface area (Å²) in [5.41, 5.74) is 0.416. The van der Waals surface area contributed by atoms with Crippen molar-refractivity contribution in [3.63, 3.8) is 0 Å². The molecular formula is C15H17NO5S. The molecule has 1 heterocycles. The molecule has 0 atom stereocenters. The number of anilines is 1. The van der Waals surface area contributed by atoms with E-state index in [2.05, 4.69) is 4.74 Å². The lowest BCUT2D eigenvalue weighted by Gasteiger charge is -2.19. The molecule has 22 heavy (non-hydrogen) atoms. The molecule has 0 saturated heterocycles. The Morgan fingerprint density at radius 2 is 1.73 bits per heavy atom. The maximum Gasteiger partial charge on any atom is 0.342 e. The number of ether oxygens (including phenoxy) is 1. The third kappa shape index (κ3) is 2.59. The first-order valence-electron chi connectivity index (χ1n) is 6.53. The first-order valence-corrected chi connectivity index (χ1v) is 7.97. The quantitative estimate of drug-likeness (QED) is 0.808. The van der Waals surface area contributed by atoms with Crippen molar-refractivity contribution in [2.75, 3.05) is 18.5 Å². The van der Waals surface area contributed by atoms with E-state index in [9.17, 15) is 13.2 Å². The number of nitrogens with zero attached hydrogens (tertiary/aromatic N) is 1. The molecule has 0 aliphatic rings. The van der Waals surface area contributed by atoms with Crippen molar-refractivity contribution in [2.24, 2.45) is 0 Å². The Kier molecular flexibility index (Phi) is 4.27. The molecule has 0 amide bonds. The van der Waals surface area contributed by atoms with Crippen molar-refractivity contribution in [3.05, 3.63) is 47.4 Å². The smallest absolute Gasteiger partial charge is 0.342 e. The minimum atomic E-state index is -3.95. The van der Waals surface area contributed by atoms with Gasteiger partial charge in [0.05, 0.1) is 12.8 Å². The van der Waals surface area contributed by atoms with E-state index in [1.165, 1.54) is 28.0 Å². The topological polar surface area (TPSA) is 76.8 Å². The number of rotatable bonds is 4. The van der Waals surface area contributed by atoms with Crippen LogP contribution in [-0.4, -0.2) is 28.5 Å². The van der Waals surface area contributed by atoms with Crippen LogP contribution in [0.4, 0.5) is 5.69 Å². The third-order valence-electron chi connectivity index (χ3n) is 3.33. The number of benzene rings is 1. The molecule has 6 nitrogen and oxygen atoms in total. The largest absolute Gasteiger partial charge is 0.465 e. The summed E-state index contributed by atoms with van der Waals surface area (Å²) >= 11 is 0. The van der Waals surface area contributed by atoms with Gasteiger partial charge in [0.15, 0.2) is 0 Å². The van der Waals surface area contributed by atoms with E-state index in [1.807, 2.05) is 0 Å². The van der Waals surface area contributed by atoms with Gasteiger partial charge in [0.25, 0.3) is 10.0 Å². The van der Waals surface area contributed by atoms with Crippen LogP contribution in [0.15, 0.2) is 39.6 Å². The zero-order valence-corrected chi connectivity index (χ0v) is 13.6. The maximum atomic E-state index is 12.9. The number of hydrogen-bond acceptors (Lipinski definition) is 5. The van der Waals surface area contributed by atoms with E-state index in [-0.39, 0.29) is 22.0 Å². The molecule has 0 spiro atoms. The predicted octanol–water partition coefficient (Wildman–Crippen LogP) is 2.51. The maximum absolute atomic E-state index is 12.9. The van der Waals surface area contributed by atoms with E-state index in [0.29, 0.717) is 5.69 Å². The summed E-state index contributed by atoms with van der Waals surface area (Å²) in [5.74, 6) is -0.376. The van der Waals surface area contributed by atoms with Crippen molar-refractivity contribution < 1.29 is 22.4 Å². The molecule has 0 fully saturated rings. The van der Waals surface area contributed by atoms with Crippen LogP contribution in [0.2, 0.25) is 0 Å². The SMILES string of the molecule is COC(=O)c1c(C)oc(C)c1S(=O)(=O)N(C)c1ccccc1. The molecule has 0 aliphatic carbocycles. The normalized spacial score (nSPS) is 11.3. The molecule has 2 rings (SSSR count). The van der Waals surface area contributed by atoms with E-state index in [0.717, 1.165) is 4.31 Å². The highest BCUT2D eigenvalue weighted by atomic mass is 32.2. The Hall–Kier alpha value is -2.28. The molecule has 7 heteroatoms. The van der Waals surface area contributed by atoms with Crippen LogP contribution in [0.1, 0.15) is 21.9 Å². The number of para-hydroxylation sites is 1. The Labute approximate surface area is 129 Å². The van der Waals surface area contributed by atoms with Gasteiger partial charge in [-0.2, -0.15) is 0 Å². The molecule has 0 radical (unpaired) electrons. The lowest BCUT2D eigenvalue weighted by atomic mass is 10.2. The zero-order valence-electron chi connectivity index (χ0n) is 12.8. The van der Waals surface area contributed by atoms with Crippen LogP contribution in [0.3, 0.4) is 0 Å². The van der Waals surface area contributed by atoms with Gasteiger partial charge in [-0.3, -0.25) is 4.31 Å². The molecule has 118 valence electrons. The van der Waals surface area contributed by atoms with Crippen LogP contribution in [0.5, 0.6) is 0 Å². The van der Waals surface area contributed by atoms with Gasteiger partial charge in [0.2, 0.25) is 0 Å². The van der Waals surface area contributed by atoms with Gasteiger partial charge in [-0.05, 0) is 26.0 Å². The molecule has 1 aromatic carbocycles. The fourth-order valence-electron chi connectivity index (χ4n) is 2.23. The lowest BCUT2D eigenvalue weighted by Crippen LogP contribution is -2.28. The second kappa shape index (κ2) is 5.84. The number of carbonyl (C=O) groups excluding carboxylic acids is 1. The van der Waals surface area contributed by atoms with Crippen molar-refractivity contribution >= 4 is 21.7 Å². The molecule has 0 aliphatic heterocycles. The van der Waals surface area contributed by atoms with Gasteiger partial charge in [-0.15, -0.1) is 0 Å². The van der Waals surface area contributed by atoms with Gasteiger partial charge >= 0.3 is 5.97 Å². The Morgan fingerprint density at radius 1 is 1.14 bits per heavy atom. The molecule has 0 saturated carbocycles. The summed E-state index contributed by atoms with van der Waals surface area (Å²) in [6.07, 6.45) is 0. The fraction of sp³-hybridized carbons (Fsp3) is 0.267. The Bertz CT molecular complexity index is 793. The molecule has 0 N–H and O–H groups in total. The zero-order chi connectivity index (χ0) is 16.5. The highest BCUT2D eigenvalue weighted by molar-refractivity contribution is 7.93. The monoisotopic (exact) mass is 323 g/mol. The summed E-state index contributed by atoms with van der Waals surface area (Å²) < 4.78 is 36.8. The second-order valence-corrected chi connectivity index (χ2v) is 6.62. The molecule has 2 aromatic rings. The van der Waals surface area contributed by atoms with E-state index < -0.39 is 16.0 Å². The summed E-state index contributed by atoms with van der Waals surface area (Å²) in [4.78, 5) is 11.7. The highest BCUT2D eigenvalue weighted by Crippen LogP contribution is 2.31. The van der Waals surface area contributed by atoms with Crippen molar-refractivity contribution in [1.82, 2.24) is 0 Å². The summed E-state index contributed by atoms with van der Waals surface area (Å²) in [7, 11) is -1.33. The molecule has 0 unspecified atom stereocenters. The predicted molar refractivity (Wildman–Crippen MR) is 81.6 cm³/mol.